The lowest BCUT2D eigenvalue weighted by Crippen LogP contribution is -1.94. The fourth-order valence-corrected chi connectivity index (χ4v) is 0.835. The van der Waals surface area contributed by atoms with Crippen LogP contribution in [0.4, 0.5) is 0 Å². The lowest BCUT2D eigenvalue weighted by molar-refractivity contribution is 0.799. The average molecular weight is 146 g/mol. The Balaban J connectivity index is 2.46. The summed E-state index contributed by atoms with van der Waals surface area (Å²) in [7, 11) is 0. The van der Waals surface area contributed by atoms with Gasteiger partial charge in [0.05, 0.1) is 24.3 Å². The number of nitrogens with zero attached hydrogens (tertiary/aromatic N) is 4. The molecule has 2 aromatic rings. The van der Waals surface area contributed by atoms with Crippen molar-refractivity contribution in [3.8, 4) is 5.69 Å². The Bertz CT molecular complexity index is 313. The normalized spacial score (nSPS) is 9.82. The molecular weight excluding hydrogens is 140 g/mol. The number of hydrogen-bond acceptors (Lipinski definition) is 3. The Labute approximate surface area is 63.5 Å². The van der Waals surface area contributed by atoms with Crippen molar-refractivity contribution in [1.29, 1.82) is 0 Å². The SMILES string of the molecule is c1cncc(-n2ccnn2)c1. The van der Waals surface area contributed by atoms with E-state index in [9.17, 15) is 0 Å². The monoisotopic (exact) mass is 146 g/mol. The first-order chi connectivity index (χ1) is 5.47. The lowest BCUT2D eigenvalue weighted by atomic mass is 10.4. The molecule has 4 nitrogen and oxygen atoms in total. The van der Waals surface area contributed by atoms with Crippen LogP contribution in [-0.2, 0) is 0 Å². The second kappa shape index (κ2) is 2.49. The van der Waals surface area contributed by atoms with Gasteiger partial charge in [-0.25, -0.2) is 4.68 Å². The number of rotatable bonds is 1. The first kappa shape index (κ1) is 6.03. The molecular formula is C7H6N4. The molecule has 0 aliphatic heterocycles. The molecule has 0 spiro atoms. The van der Waals surface area contributed by atoms with Gasteiger partial charge in [0.1, 0.15) is 0 Å². The molecule has 0 unspecified atom stereocenters. The summed E-state index contributed by atoms with van der Waals surface area (Å²) in [5.74, 6) is 0. The van der Waals surface area contributed by atoms with Crippen LogP contribution in [0.25, 0.3) is 5.69 Å². The lowest BCUT2D eigenvalue weighted by Gasteiger charge is -1.95. The predicted octanol–water partition coefficient (Wildman–Crippen LogP) is 0.662. The highest BCUT2D eigenvalue weighted by Crippen LogP contribution is 1.99. The zero-order valence-electron chi connectivity index (χ0n) is 5.75. The molecule has 0 N–H and O–H groups in total. The van der Waals surface area contributed by atoms with E-state index in [0.29, 0.717) is 0 Å². The van der Waals surface area contributed by atoms with Crippen molar-refractivity contribution in [2.75, 3.05) is 0 Å². The minimum atomic E-state index is 0.921. The quantitative estimate of drug-likeness (QED) is 0.593. The van der Waals surface area contributed by atoms with Gasteiger partial charge >= 0.3 is 0 Å². The highest BCUT2D eigenvalue weighted by Gasteiger charge is 1.92. The van der Waals surface area contributed by atoms with Crippen molar-refractivity contribution in [2.45, 2.75) is 0 Å². The van der Waals surface area contributed by atoms with E-state index in [4.69, 9.17) is 0 Å². The van der Waals surface area contributed by atoms with E-state index < -0.39 is 0 Å². The molecule has 2 heterocycles. The van der Waals surface area contributed by atoms with Crippen molar-refractivity contribution in [2.24, 2.45) is 0 Å². The van der Waals surface area contributed by atoms with Gasteiger partial charge in [-0.3, -0.25) is 4.98 Å². The minimum Gasteiger partial charge on any atom is -0.262 e. The van der Waals surface area contributed by atoms with Crippen molar-refractivity contribution >= 4 is 0 Å². The first-order valence-electron chi connectivity index (χ1n) is 3.23. The summed E-state index contributed by atoms with van der Waals surface area (Å²) in [5, 5.41) is 7.50. The van der Waals surface area contributed by atoms with Crippen LogP contribution in [0.1, 0.15) is 0 Å². The van der Waals surface area contributed by atoms with Gasteiger partial charge in [0, 0.05) is 6.20 Å². The molecule has 0 fully saturated rings. The van der Waals surface area contributed by atoms with Crippen molar-refractivity contribution in [3.63, 3.8) is 0 Å². The Morgan fingerprint density at radius 1 is 1.27 bits per heavy atom. The van der Waals surface area contributed by atoms with Crippen molar-refractivity contribution in [1.82, 2.24) is 20.0 Å². The molecule has 0 aliphatic carbocycles. The molecule has 0 atom stereocenters. The highest BCUT2D eigenvalue weighted by molar-refractivity contribution is 5.24. The fraction of sp³-hybridized carbons (Fsp3) is 0. The van der Waals surface area contributed by atoms with E-state index in [1.807, 2.05) is 12.1 Å². The first-order valence-corrected chi connectivity index (χ1v) is 3.23. The summed E-state index contributed by atoms with van der Waals surface area (Å²) in [6, 6.07) is 3.78. The molecule has 0 saturated heterocycles. The maximum absolute atomic E-state index is 3.95. The van der Waals surface area contributed by atoms with Crippen LogP contribution in [0.15, 0.2) is 36.9 Å². The van der Waals surface area contributed by atoms with Crippen molar-refractivity contribution in [3.05, 3.63) is 36.9 Å². The summed E-state index contributed by atoms with van der Waals surface area (Å²) in [5.41, 5.74) is 0.921. The Morgan fingerprint density at radius 3 is 2.91 bits per heavy atom. The van der Waals surface area contributed by atoms with Crippen LogP contribution in [0.3, 0.4) is 0 Å². The maximum Gasteiger partial charge on any atom is 0.0846 e. The van der Waals surface area contributed by atoms with Crippen LogP contribution in [-0.4, -0.2) is 20.0 Å². The van der Waals surface area contributed by atoms with Gasteiger partial charge in [-0.1, -0.05) is 5.21 Å². The molecule has 0 saturated carbocycles. The van der Waals surface area contributed by atoms with E-state index in [0.717, 1.165) is 5.69 Å². The van der Waals surface area contributed by atoms with E-state index in [-0.39, 0.29) is 0 Å². The van der Waals surface area contributed by atoms with Gasteiger partial charge in [-0.05, 0) is 12.1 Å². The largest absolute Gasteiger partial charge is 0.262 e. The second-order valence-electron chi connectivity index (χ2n) is 2.06. The molecule has 54 valence electrons. The predicted molar refractivity (Wildman–Crippen MR) is 39.2 cm³/mol. The van der Waals surface area contributed by atoms with Gasteiger partial charge in [0.2, 0.25) is 0 Å². The van der Waals surface area contributed by atoms with Gasteiger partial charge in [0.15, 0.2) is 0 Å². The zero-order valence-corrected chi connectivity index (χ0v) is 5.75. The molecule has 11 heavy (non-hydrogen) atoms. The van der Waals surface area contributed by atoms with Crippen molar-refractivity contribution < 1.29 is 0 Å². The molecule has 2 rings (SSSR count). The third kappa shape index (κ3) is 1.10. The van der Waals surface area contributed by atoms with E-state index in [1.165, 1.54) is 0 Å². The molecule has 0 radical (unpaired) electrons. The van der Waals surface area contributed by atoms with Crippen LogP contribution in [0, 0.1) is 0 Å². The second-order valence-corrected chi connectivity index (χ2v) is 2.06. The number of pyridine rings is 1. The highest BCUT2D eigenvalue weighted by atomic mass is 15.4. The average Bonchev–Trinajstić information content (AvgIpc) is 2.58. The summed E-state index contributed by atoms with van der Waals surface area (Å²) < 4.78 is 1.66. The van der Waals surface area contributed by atoms with E-state index in [1.54, 1.807) is 29.5 Å². The molecule has 0 amide bonds. The Kier molecular flexibility index (Phi) is 1.37. The van der Waals surface area contributed by atoms with Gasteiger partial charge in [0.25, 0.3) is 0 Å². The summed E-state index contributed by atoms with van der Waals surface area (Å²) in [6.45, 7) is 0. The van der Waals surface area contributed by atoms with E-state index in [2.05, 4.69) is 15.3 Å². The van der Waals surface area contributed by atoms with Crippen LogP contribution in [0.2, 0.25) is 0 Å². The van der Waals surface area contributed by atoms with Crippen LogP contribution >= 0.6 is 0 Å². The number of hydrogen-bond donors (Lipinski definition) is 0. The Morgan fingerprint density at radius 2 is 2.27 bits per heavy atom. The van der Waals surface area contributed by atoms with Gasteiger partial charge < -0.3 is 0 Å². The smallest absolute Gasteiger partial charge is 0.0846 e. The molecule has 2 aromatic heterocycles. The molecule has 4 heteroatoms. The summed E-state index contributed by atoms with van der Waals surface area (Å²) >= 11 is 0. The minimum absolute atomic E-state index is 0.921. The summed E-state index contributed by atoms with van der Waals surface area (Å²) in [4.78, 5) is 3.95. The Hall–Kier alpha value is -1.71. The van der Waals surface area contributed by atoms with Crippen LogP contribution in [0.5, 0.6) is 0 Å². The standard InChI is InChI=1S/C7H6N4/c1-2-7(6-8-3-1)11-5-4-9-10-11/h1-6H. The number of aromatic nitrogens is 4. The topological polar surface area (TPSA) is 43.6 Å². The third-order valence-corrected chi connectivity index (χ3v) is 1.33. The third-order valence-electron chi connectivity index (χ3n) is 1.33. The zero-order chi connectivity index (χ0) is 7.52. The summed E-state index contributed by atoms with van der Waals surface area (Å²) in [6.07, 6.45) is 6.86. The van der Waals surface area contributed by atoms with Crippen LogP contribution < -0.4 is 0 Å². The molecule has 0 aliphatic rings. The maximum atomic E-state index is 3.95. The fourth-order valence-electron chi connectivity index (χ4n) is 0.835. The molecule has 0 aromatic carbocycles. The van der Waals surface area contributed by atoms with E-state index >= 15 is 0 Å². The van der Waals surface area contributed by atoms with Gasteiger partial charge in [-0.2, -0.15) is 0 Å². The molecule has 0 bridgehead atoms. The van der Waals surface area contributed by atoms with Gasteiger partial charge in [-0.15, -0.1) is 5.10 Å².